The van der Waals surface area contributed by atoms with Gasteiger partial charge in [0.05, 0.1) is 23.2 Å². The van der Waals surface area contributed by atoms with E-state index in [0.717, 1.165) is 64.7 Å². The maximum absolute atomic E-state index is 11.5. The molecule has 0 spiro atoms. The van der Waals surface area contributed by atoms with Crippen molar-refractivity contribution in [1.29, 1.82) is 0 Å². The summed E-state index contributed by atoms with van der Waals surface area (Å²) in [4.78, 5) is 16.2. The molecule has 3 aromatic carbocycles. The predicted molar refractivity (Wildman–Crippen MR) is 179 cm³/mol. The van der Waals surface area contributed by atoms with Gasteiger partial charge < -0.3 is 13.1 Å². The molecule has 1 heterocycles. The van der Waals surface area contributed by atoms with Gasteiger partial charge in [-0.25, -0.2) is 4.98 Å². The number of pyridine rings is 1. The number of aliphatic carboxylic acids is 1. The molecule has 1 atom stereocenters. The molecule has 0 amide bonds. The summed E-state index contributed by atoms with van der Waals surface area (Å²) in [5.74, 6) is 0.122. The normalized spacial score (nSPS) is 15.0. The molecule has 1 fully saturated rings. The third-order valence-electron chi connectivity index (χ3n) is 7.83. The van der Waals surface area contributed by atoms with Gasteiger partial charge in [0.2, 0.25) is 0 Å². The smallest absolute Gasteiger partial charge is 1.00 e. The fraction of sp³-hybridized carbons (Fsp3) is 0.314. The van der Waals surface area contributed by atoms with Gasteiger partial charge in [0, 0.05) is 21.4 Å². The first-order chi connectivity index (χ1) is 19.6. The first kappa shape index (κ1) is 33.3. The Hall–Kier alpha value is -1.64. The molecule has 4 nitrogen and oxygen atoms in total. The van der Waals surface area contributed by atoms with E-state index in [1.54, 1.807) is 0 Å². The van der Waals surface area contributed by atoms with Gasteiger partial charge in [0.25, 0.3) is 0 Å². The molecule has 0 saturated heterocycles. The third kappa shape index (κ3) is 8.95. The van der Waals surface area contributed by atoms with E-state index in [4.69, 9.17) is 16.6 Å². The molecule has 4 aromatic rings. The Balaban J connectivity index is 0.00000225. The standard InChI is InChI=1S/C35H36ClNO3S.Sr.2H/c1-34(2,40)30-9-4-3-7-25(30)13-17-32(41-23-35(18-19-35)22-33(38)39)27-8-5-6-24(20-27)10-15-29-16-12-26-11-14-28(36)21-31(26)37-29;;;/h3-12,14-16,20-21,32,40H,13,17-19,22-23H2,1-2H3,(H,38,39);;;/q;+2;2*-1/b15-10+;;;/t32-;;;/m1.../s1. The number of aryl methyl sites for hydroxylation is 1. The van der Waals surface area contributed by atoms with Crippen LogP contribution in [0.15, 0.2) is 78.9 Å². The number of halogens is 1. The summed E-state index contributed by atoms with van der Waals surface area (Å²) in [5.41, 5.74) is 5.15. The molecular formula is C35H38ClNO3SSr. The Morgan fingerprint density at radius 1 is 1.07 bits per heavy atom. The number of carbonyl (C=O) groups is 1. The third-order valence-corrected chi connectivity index (χ3v) is 9.76. The molecule has 0 bridgehead atoms. The minimum Gasteiger partial charge on any atom is -1.00 e. The number of aliphatic hydroxyl groups is 1. The number of rotatable bonds is 12. The summed E-state index contributed by atoms with van der Waals surface area (Å²) >= 11 is 8.04. The number of hydrogen-bond acceptors (Lipinski definition) is 4. The second-order valence-electron chi connectivity index (χ2n) is 11.7. The van der Waals surface area contributed by atoms with Crippen molar-refractivity contribution in [1.82, 2.24) is 4.98 Å². The number of fused-ring (bicyclic) bond motifs is 1. The molecular weight excluding hydrogens is 638 g/mol. The second-order valence-corrected chi connectivity index (χ2v) is 13.3. The zero-order chi connectivity index (χ0) is 29.0. The van der Waals surface area contributed by atoms with Crippen LogP contribution < -0.4 is 0 Å². The van der Waals surface area contributed by atoms with Crippen molar-refractivity contribution in [3.63, 3.8) is 0 Å². The summed E-state index contributed by atoms with van der Waals surface area (Å²) in [6, 6.07) is 26.5. The number of carboxylic acid groups (broad SMARTS) is 1. The largest absolute Gasteiger partial charge is 2.00 e. The minimum absolute atomic E-state index is 0. The average Bonchev–Trinajstić information content (AvgIpc) is 3.70. The Kier molecular flexibility index (Phi) is 11.4. The van der Waals surface area contributed by atoms with Crippen LogP contribution in [0.4, 0.5) is 0 Å². The fourth-order valence-corrected chi connectivity index (χ4v) is 7.09. The van der Waals surface area contributed by atoms with Crippen molar-refractivity contribution in [2.24, 2.45) is 5.41 Å². The topological polar surface area (TPSA) is 70.4 Å². The van der Waals surface area contributed by atoms with Crippen LogP contribution in [-0.4, -0.2) is 72.4 Å². The van der Waals surface area contributed by atoms with Crippen molar-refractivity contribution in [3.8, 4) is 0 Å². The van der Waals surface area contributed by atoms with Gasteiger partial charge in [0.1, 0.15) is 0 Å². The number of hydrogen-bond donors (Lipinski definition) is 2. The van der Waals surface area contributed by atoms with Gasteiger partial charge in [0.15, 0.2) is 0 Å². The number of aromatic nitrogens is 1. The summed E-state index contributed by atoms with van der Waals surface area (Å²) in [7, 11) is 0. The Morgan fingerprint density at radius 3 is 2.57 bits per heavy atom. The van der Waals surface area contributed by atoms with E-state index < -0.39 is 11.6 Å². The van der Waals surface area contributed by atoms with Gasteiger partial charge in [-0.3, -0.25) is 4.79 Å². The van der Waals surface area contributed by atoms with Gasteiger partial charge in [-0.1, -0.05) is 78.3 Å². The van der Waals surface area contributed by atoms with E-state index in [2.05, 4.69) is 42.5 Å². The van der Waals surface area contributed by atoms with Gasteiger partial charge >= 0.3 is 51.5 Å². The predicted octanol–water partition coefficient (Wildman–Crippen LogP) is 8.79. The minimum atomic E-state index is -0.911. The summed E-state index contributed by atoms with van der Waals surface area (Å²) in [6.07, 6.45) is 8.02. The molecule has 1 aromatic heterocycles. The molecule has 0 unspecified atom stereocenters. The SMILES string of the molecule is CC(C)(O)c1ccccc1CC[C@@H](SCC1(CC(=O)O)CC1)c1cccc(/C=C/c2ccc3ccc(Cl)cc3n2)c1.[H-].[H-].[Sr+2]. The van der Waals surface area contributed by atoms with Crippen LogP contribution in [0.5, 0.6) is 0 Å². The van der Waals surface area contributed by atoms with E-state index in [0.29, 0.717) is 5.02 Å². The number of thioether (sulfide) groups is 1. The number of carboxylic acids is 1. The first-order valence-electron chi connectivity index (χ1n) is 14.1. The zero-order valence-electron chi connectivity index (χ0n) is 26.2. The van der Waals surface area contributed by atoms with Crippen LogP contribution in [0.1, 0.15) is 75.6 Å². The summed E-state index contributed by atoms with van der Waals surface area (Å²) in [5, 5.41) is 22.1. The molecule has 5 rings (SSSR count). The van der Waals surface area contributed by atoms with Crippen molar-refractivity contribution in [2.45, 2.75) is 56.8 Å². The van der Waals surface area contributed by atoms with Crippen LogP contribution in [0, 0.1) is 5.41 Å². The molecule has 1 aliphatic carbocycles. The molecule has 7 heteroatoms. The molecule has 2 N–H and O–H groups in total. The van der Waals surface area contributed by atoms with Gasteiger partial charge in [-0.15, -0.1) is 0 Å². The fourth-order valence-electron chi connectivity index (χ4n) is 5.36. The molecule has 1 aliphatic rings. The molecule has 42 heavy (non-hydrogen) atoms. The van der Waals surface area contributed by atoms with Crippen molar-refractivity contribution in [2.75, 3.05) is 5.75 Å². The maximum atomic E-state index is 11.5. The van der Waals surface area contributed by atoms with Crippen molar-refractivity contribution < 1.29 is 17.9 Å². The molecule has 0 radical (unpaired) electrons. The van der Waals surface area contributed by atoms with E-state index in [1.807, 2.05) is 74.1 Å². The Labute approximate surface area is 297 Å². The van der Waals surface area contributed by atoms with Gasteiger partial charge in [-0.2, -0.15) is 11.8 Å². The van der Waals surface area contributed by atoms with Crippen LogP contribution in [0.3, 0.4) is 0 Å². The average molecular weight is 676 g/mol. The van der Waals surface area contributed by atoms with Gasteiger partial charge in [-0.05, 0) is 91.5 Å². The number of nitrogens with zero attached hydrogens (tertiary/aromatic N) is 1. The first-order valence-corrected chi connectivity index (χ1v) is 15.5. The zero-order valence-corrected chi connectivity index (χ0v) is 29.3. The summed E-state index contributed by atoms with van der Waals surface area (Å²) < 4.78 is 0. The van der Waals surface area contributed by atoms with Crippen molar-refractivity contribution >= 4 is 97.9 Å². The Bertz CT molecular complexity index is 1590. The van der Waals surface area contributed by atoms with E-state index >= 15 is 0 Å². The van der Waals surface area contributed by atoms with Crippen molar-refractivity contribution in [3.05, 3.63) is 112 Å². The van der Waals surface area contributed by atoms with Crippen LogP contribution in [0.25, 0.3) is 23.1 Å². The molecule has 216 valence electrons. The second kappa shape index (κ2) is 14.4. The van der Waals surface area contributed by atoms with E-state index in [-0.39, 0.29) is 65.4 Å². The maximum Gasteiger partial charge on any atom is 2.00 e. The number of benzene rings is 3. The molecule has 0 aliphatic heterocycles. The Morgan fingerprint density at radius 2 is 1.83 bits per heavy atom. The van der Waals surface area contributed by atoms with Crippen LogP contribution in [0.2, 0.25) is 5.02 Å². The molecule has 1 saturated carbocycles. The van der Waals surface area contributed by atoms with Crippen LogP contribution in [-0.2, 0) is 16.8 Å². The van der Waals surface area contributed by atoms with Crippen LogP contribution >= 0.6 is 23.4 Å². The van der Waals surface area contributed by atoms with E-state index in [9.17, 15) is 15.0 Å². The monoisotopic (exact) mass is 675 g/mol. The van der Waals surface area contributed by atoms with E-state index in [1.165, 1.54) is 5.56 Å². The summed E-state index contributed by atoms with van der Waals surface area (Å²) in [6.45, 7) is 3.66. The quantitative estimate of drug-likeness (QED) is 0.147.